The number of carboxylic acids is 1. The van der Waals surface area contributed by atoms with Crippen LogP contribution in [0, 0.1) is 11.3 Å². The monoisotopic (exact) mass is 254 g/mol. The molecule has 0 aliphatic carbocycles. The first kappa shape index (κ1) is 13.3. The van der Waals surface area contributed by atoms with Gasteiger partial charge in [-0.2, -0.15) is 0 Å². The van der Waals surface area contributed by atoms with Crippen LogP contribution in [0.2, 0.25) is 0 Å². The van der Waals surface area contributed by atoms with Crippen LogP contribution < -0.4 is 5.32 Å². The van der Waals surface area contributed by atoms with Crippen LogP contribution in [-0.2, 0) is 9.59 Å². The third kappa shape index (κ3) is 2.51. The molecule has 1 atom stereocenters. The second-order valence-electron chi connectivity index (χ2n) is 5.63. The number of hydrogen-bond donors (Lipinski definition) is 2. The van der Waals surface area contributed by atoms with Crippen LogP contribution in [0.25, 0.3) is 0 Å². The molecular formula is C13H22N2O3. The van der Waals surface area contributed by atoms with Gasteiger partial charge in [-0.3, -0.25) is 9.59 Å². The van der Waals surface area contributed by atoms with Gasteiger partial charge in [-0.25, -0.2) is 0 Å². The summed E-state index contributed by atoms with van der Waals surface area (Å²) in [6.45, 7) is 4.83. The summed E-state index contributed by atoms with van der Waals surface area (Å²) < 4.78 is 0. The molecule has 2 fully saturated rings. The van der Waals surface area contributed by atoms with Gasteiger partial charge in [-0.15, -0.1) is 0 Å². The molecule has 1 unspecified atom stereocenters. The van der Waals surface area contributed by atoms with Crippen molar-refractivity contribution in [2.75, 3.05) is 26.2 Å². The summed E-state index contributed by atoms with van der Waals surface area (Å²) in [6.07, 6.45) is 2.68. The Morgan fingerprint density at radius 2 is 2.17 bits per heavy atom. The van der Waals surface area contributed by atoms with Crippen LogP contribution in [-0.4, -0.2) is 48.1 Å². The Hall–Kier alpha value is -1.10. The number of amides is 1. The second-order valence-corrected chi connectivity index (χ2v) is 5.63. The fraction of sp³-hybridized carbons (Fsp3) is 0.846. The number of hydrogen-bond acceptors (Lipinski definition) is 3. The highest BCUT2D eigenvalue weighted by Crippen LogP contribution is 2.36. The van der Waals surface area contributed by atoms with E-state index in [-0.39, 0.29) is 5.91 Å². The van der Waals surface area contributed by atoms with Crippen LogP contribution in [0.15, 0.2) is 0 Å². The number of likely N-dealkylation sites (tertiary alicyclic amines) is 1. The van der Waals surface area contributed by atoms with Crippen molar-refractivity contribution in [2.45, 2.75) is 32.6 Å². The smallest absolute Gasteiger partial charge is 0.311 e. The van der Waals surface area contributed by atoms with Crippen molar-refractivity contribution in [3.05, 3.63) is 0 Å². The lowest BCUT2D eigenvalue weighted by atomic mass is 9.83. The molecule has 0 bridgehead atoms. The van der Waals surface area contributed by atoms with Gasteiger partial charge in [-0.1, -0.05) is 13.3 Å². The molecule has 2 aliphatic rings. The predicted molar refractivity (Wildman–Crippen MR) is 67.2 cm³/mol. The van der Waals surface area contributed by atoms with Crippen molar-refractivity contribution in [2.24, 2.45) is 11.3 Å². The van der Waals surface area contributed by atoms with E-state index in [9.17, 15) is 14.7 Å². The summed E-state index contributed by atoms with van der Waals surface area (Å²) >= 11 is 0. The average molecular weight is 254 g/mol. The molecule has 18 heavy (non-hydrogen) atoms. The first-order chi connectivity index (χ1) is 8.57. The third-order valence-electron chi connectivity index (χ3n) is 4.22. The van der Waals surface area contributed by atoms with E-state index in [4.69, 9.17) is 0 Å². The van der Waals surface area contributed by atoms with E-state index in [1.165, 1.54) is 0 Å². The maximum absolute atomic E-state index is 12.1. The minimum Gasteiger partial charge on any atom is -0.481 e. The fourth-order valence-electron chi connectivity index (χ4n) is 2.92. The van der Waals surface area contributed by atoms with Gasteiger partial charge >= 0.3 is 5.97 Å². The summed E-state index contributed by atoms with van der Waals surface area (Å²) in [5.74, 6) is -0.172. The van der Waals surface area contributed by atoms with E-state index < -0.39 is 11.4 Å². The average Bonchev–Trinajstić information content (AvgIpc) is 2.69. The zero-order chi connectivity index (χ0) is 13.2. The van der Waals surface area contributed by atoms with Gasteiger partial charge in [0.15, 0.2) is 0 Å². The third-order valence-corrected chi connectivity index (χ3v) is 4.22. The summed E-state index contributed by atoms with van der Waals surface area (Å²) in [4.78, 5) is 25.2. The highest BCUT2D eigenvalue weighted by Gasteiger charge is 2.45. The Morgan fingerprint density at radius 1 is 1.44 bits per heavy atom. The van der Waals surface area contributed by atoms with Crippen molar-refractivity contribution >= 4 is 11.9 Å². The molecular weight excluding hydrogens is 232 g/mol. The second kappa shape index (κ2) is 5.26. The Labute approximate surface area is 108 Å². The maximum Gasteiger partial charge on any atom is 0.311 e. The van der Waals surface area contributed by atoms with E-state index in [1.54, 1.807) is 4.90 Å². The van der Waals surface area contributed by atoms with Crippen LogP contribution in [0.5, 0.6) is 0 Å². The maximum atomic E-state index is 12.1. The topological polar surface area (TPSA) is 69.6 Å². The van der Waals surface area contributed by atoms with Gasteiger partial charge in [0.05, 0.1) is 5.41 Å². The fourth-order valence-corrected chi connectivity index (χ4v) is 2.92. The normalized spacial score (nSPS) is 28.2. The molecule has 2 heterocycles. The van der Waals surface area contributed by atoms with Gasteiger partial charge in [0.1, 0.15) is 0 Å². The number of aliphatic carboxylic acids is 1. The van der Waals surface area contributed by atoms with E-state index >= 15 is 0 Å². The molecule has 0 aromatic carbocycles. The lowest BCUT2D eigenvalue weighted by molar-refractivity contribution is -0.149. The molecule has 0 aromatic heterocycles. The van der Waals surface area contributed by atoms with Gasteiger partial charge in [0.2, 0.25) is 5.91 Å². The number of nitrogens with zero attached hydrogens (tertiary/aromatic N) is 1. The minimum absolute atomic E-state index is 0.126. The van der Waals surface area contributed by atoms with E-state index in [0.717, 1.165) is 19.5 Å². The Balaban J connectivity index is 1.92. The molecule has 0 saturated carbocycles. The van der Waals surface area contributed by atoms with Gasteiger partial charge in [0.25, 0.3) is 0 Å². The highest BCUT2D eigenvalue weighted by atomic mass is 16.4. The molecule has 2 N–H and O–H groups in total. The predicted octanol–water partition coefficient (Wildman–Crippen LogP) is 0.699. The van der Waals surface area contributed by atoms with E-state index in [2.05, 4.69) is 5.32 Å². The van der Waals surface area contributed by atoms with Crippen molar-refractivity contribution in [1.82, 2.24) is 10.2 Å². The van der Waals surface area contributed by atoms with Crippen molar-refractivity contribution in [1.29, 1.82) is 0 Å². The number of carboxylic acid groups (broad SMARTS) is 1. The molecule has 2 aliphatic heterocycles. The molecule has 5 nitrogen and oxygen atoms in total. The first-order valence-corrected chi connectivity index (χ1v) is 6.79. The number of carbonyl (C=O) groups excluding carboxylic acids is 1. The highest BCUT2D eigenvalue weighted by molar-refractivity contribution is 5.80. The Kier molecular flexibility index (Phi) is 3.90. The van der Waals surface area contributed by atoms with Gasteiger partial charge in [0, 0.05) is 19.5 Å². The summed E-state index contributed by atoms with van der Waals surface area (Å²) in [7, 11) is 0. The number of nitrogens with one attached hydrogen (secondary N) is 1. The number of rotatable bonds is 5. The largest absolute Gasteiger partial charge is 0.481 e. The molecule has 1 amide bonds. The Morgan fingerprint density at radius 3 is 2.67 bits per heavy atom. The van der Waals surface area contributed by atoms with Crippen molar-refractivity contribution in [3.63, 3.8) is 0 Å². The molecule has 2 rings (SSSR count). The Bertz CT molecular complexity index is 341. The van der Waals surface area contributed by atoms with Crippen molar-refractivity contribution < 1.29 is 14.7 Å². The number of carbonyl (C=O) groups is 2. The summed E-state index contributed by atoms with van der Waals surface area (Å²) in [6, 6.07) is 0. The van der Waals surface area contributed by atoms with Crippen LogP contribution in [0.3, 0.4) is 0 Å². The van der Waals surface area contributed by atoms with Crippen molar-refractivity contribution in [3.8, 4) is 0 Å². The lowest BCUT2D eigenvalue weighted by Crippen LogP contribution is -2.45. The zero-order valence-electron chi connectivity index (χ0n) is 10.9. The van der Waals surface area contributed by atoms with Gasteiger partial charge < -0.3 is 15.3 Å². The zero-order valence-corrected chi connectivity index (χ0v) is 10.9. The quantitative estimate of drug-likeness (QED) is 0.757. The van der Waals surface area contributed by atoms with Crippen LogP contribution >= 0.6 is 0 Å². The minimum atomic E-state index is -0.745. The van der Waals surface area contributed by atoms with E-state index in [1.807, 2.05) is 6.92 Å². The molecule has 0 aromatic rings. The SMILES string of the molecule is CCCC1(C(=O)O)CCN(C(=O)CC2CNC2)C1. The molecule has 2 saturated heterocycles. The molecule has 102 valence electrons. The standard InChI is InChI=1S/C13H22N2O3/c1-2-3-13(12(17)18)4-5-15(9-13)11(16)6-10-7-14-8-10/h10,14H,2-9H2,1H3,(H,17,18). The molecule has 0 spiro atoms. The van der Waals surface area contributed by atoms with Crippen LogP contribution in [0.1, 0.15) is 32.6 Å². The molecule has 5 heteroatoms. The van der Waals surface area contributed by atoms with Crippen LogP contribution in [0.4, 0.5) is 0 Å². The molecule has 0 radical (unpaired) electrons. The summed E-state index contributed by atoms with van der Waals surface area (Å²) in [5.41, 5.74) is -0.692. The summed E-state index contributed by atoms with van der Waals surface area (Å²) in [5, 5.41) is 12.5. The van der Waals surface area contributed by atoms with Gasteiger partial charge in [-0.05, 0) is 31.8 Å². The van der Waals surface area contributed by atoms with E-state index in [0.29, 0.717) is 38.3 Å². The lowest BCUT2D eigenvalue weighted by Gasteiger charge is -2.29. The first-order valence-electron chi connectivity index (χ1n) is 6.79.